The molecule has 3 heterocycles. The fraction of sp³-hybridized carbons (Fsp3) is 0.430. The predicted molar refractivity (Wildman–Crippen MR) is 483 cm³/mol. The summed E-state index contributed by atoms with van der Waals surface area (Å²) in [7, 11) is 1.40. The highest BCUT2D eigenvalue weighted by atomic mass is 19.1. The molecule has 0 spiro atoms. The van der Waals surface area contributed by atoms with Crippen LogP contribution in [0.5, 0.6) is 0 Å². The molecule has 678 valence electrons. The number of hydrogen-bond donors (Lipinski definition) is 5. The first-order valence-corrected chi connectivity index (χ1v) is 43.7. The monoisotopic (exact) mass is 1750 g/mol. The number of fused-ring (bicyclic) bond motifs is 3. The Balaban J connectivity index is 0.000000199. The molecule has 27 heteroatoms. The molecule has 5 N–H and O–H groups in total. The number of hydrogen-bond acceptors (Lipinski definition) is 16. The Hall–Kier alpha value is -11.9. The van der Waals surface area contributed by atoms with Gasteiger partial charge in [-0.1, -0.05) is 185 Å². The van der Waals surface area contributed by atoms with Gasteiger partial charge in [0, 0.05) is 96.3 Å². The van der Waals surface area contributed by atoms with Crippen LogP contribution in [0.15, 0.2) is 200 Å². The maximum absolute atomic E-state index is 14.0. The second-order valence-corrected chi connectivity index (χ2v) is 35.8. The molecule has 9 atom stereocenters. The van der Waals surface area contributed by atoms with Gasteiger partial charge < -0.3 is 59.8 Å². The van der Waals surface area contributed by atoms with E-state index in [0.29, 0.717) is 114 Å². The van der Waals surface area contributed by atoms with Gasteiger partial charge in [0.15, 0.2) is 0 Å². The molecule has 3 fully saturated rings. The molecule has 3 aliphatic heterocycles. The third-order valence-electron chi connectivity index (χ3n) is 22.9. The summed E-state index contributed by atoms with van der Waals surface area (Å²) < 4.78 is 62.1. The Morgan fingerprint density at radius 2 is 0.591 bits per heavy atom. The predicted octanol–water partition coefficient (Wildman–Crippen LogP) is 15.2. The minimum Gasteiger partial charge on any atom is -0.480 e. The van der Waals surface area contributed by atoms with Crippen LogP contribution in [0, 0.1) is 17.5 Å². The van der Waals surface area contributed by atoms with Gasteiger partial charge in [-0.25, -0.2) is 27.6 Å². The van der Waals surface area contributed by atoms with Crippen LogP contribution in [0.4, 0.5) is 27.6 Å². The Bertz CT molecular complexity index is 5040. The summed E-state index contributed by atoms with van der Waals surface area (Å²) in [6, 6.07) is 54.3. The molecule has 6 amide bonds. The topological polar surface area (TPSA) is 287 Å². The van der Waals surface area contributed by atoms with Gasteiger partial charge in [0.05, 0.1) is 7.11 Å². The highest BCUT2D eigenvalue weighted by Crippen LogP contribution is 2.29. The highest BCUT2D eigenvalue weighted by molar-refractivity contribution is 5.90. The molecule has 3 saturated heterocycles. The lowest BCUT2D eigenvalue weighted by Gasteiger charge is -2.44. The fourth-order valence-electron chi connectivity index (χ4n) is 16.5. The van der Waals surface area contributed by atoms with Crippen molar-refractivity contribution < 1.29 is 85.5 Å². The molecule has 0 aliphatic carbocycles. The van der Waals surface area contributed by atoms with Gasteiger partial charge in [-0.2, -0.15) is 0 Å². The molecule has 3 aliphatic rings. The number of esters is 1. The average Bonchev–Trinajstić information content (AvgIpc) is 0.804. The summed E-state index contributed by atoms with van der Waals surface area (Å²) in [5.74, 6) is -4.08. The number of carbonyl (C=O) groups is 9. The minimum absolute atomic E-state index is 0.161. The number of carbonyl (C=O) groups excluding carboxylic acids is 7. The van der Waals surface area contributed by atoms with Crippen LogP contribution >= 0.6 is 0 Å². The first-order valence-electron chi connectivity index (χ1n) is 43.7. The standard InChI is InChI=1S/C34H42FN3O5.2C33H40FN3O5/c1-6-28-22-37(30(32(40)42-5)21-24-11-14-25-9-7-8-10-26(25)19-24)17-18-38(28)31(39)29(36-33(41)43-34(2,3)4)20-23-12-15-27(35)16-13-23;2*1-5-27-21-36(29(31(39)40)20-23-10-13-24-8-6-7-9-25(24)18-23)16-17-37(27)30(38)28(35-32(41)42-33(2,3)4)19-22-11-14-26(34)15-12-22/h7-16,19,28-30H,6,17-18,20-22H2,1-5H3,(H,36,41);2*6-15,18,27-29H,5,16-17,19-21H2,1-4H3,(H,35,41)(H,39,40)/t28-,29+,30-;2*27-,28+,29-/m000/s1. The number of ether oxygens (including phenoxy) is 4. The van der Waals surface area contributed by atoms with Crippen molar-refractivity contribution in [3.05, 3.63) is 251 Å². The number of alkyl carbamates (subject to hydrolysis) is 3. The van der Waals surface area contributed by atoms with E-state index in [0.717, 1.165) is 49.0 Å². The van der Waals surface area contributed by atoms with Crippen molar-refractivity contribution in [3.63, 3.8) is 0 Å². The Labute approximate surface area is 742 Å². The second-order valence-electron chi connectivity index (χ2n) is 35.8. The molecule has 12 rings (SSSR count). The lowest BCUT2D eigenvalue weighted by Crippen LogP contribution is -2.62. The first-order chi connectivity index (χ1) is 60.3. The number of nitrogens with zero attached hydrogens (tertiary/aromatic N) is 6. The number of methoxy groups -OCH3 is 1. The number of rotatable bonds is 27. The first kappa shape index (κ1) is 97.3. The van der Waals surface area contributed by atoms with Gasteiger partial charge >= 0.3 is 36.2 Å². The average molecular weight is 1750 g/mol. The summed E-state index contributed by atoms with van der Waals surface area (Å²) in [5, 5.41) is 35.1. The van der Waals surface area contributed by atoms with E-state index in [1.54, 1.807) is 113 Å². The smallest absolute Gasteiger partial charge is 0.408 e. The third kappa shape index (κ3) is 28.5. The molecule has 9 aromatic rings. The van der Waals surface area contributed by atoms with Crippen molar-refractivity contribution in [1.29, 1.82) is 0 Å². The molecule has 0 radical (unpaired) electrons. The van der Waals surface area contributed by atoms with E-state index in [2.05, 4.69) is 45.1 Å². The zero-order chi connectivity index (χ0) is 92.0. The van der Waals surface area contributed by atoms with Gasteiger partial charge in [-0.3, -0.25) is 43.5 Å². The molecular weight excluding hydrogens is 1620 g/mol. The van der Waals surface area contributed by atoms with Gasteiger partial charge in [0.1, 0.15) is 70.5 Å². The summed E-state index contributed by atoms with van der Waals surface area (Å²) >= 11 is 0. The van der Waals surface area contributed by atoms with Gasteiger partial charge in [0.25, 0.3) is 0 Å². The number of benzene rings is 9. The van der Waals surface area contributed by atoms with Crippen molar-refractivity contribution in [2.75, 3.05) is 66.0 Å². The minimum atomic E-state index is -0.932. The molecule has 0 bridgehead atoms. The van der Waals surface area contributed by atoms with Crippen molar-refractivity contribution in [1.82, 2.24) is 45.3 Å². The van der Waals surface area contributed by atoms with E-state index in [1.165, 1.54) is 43.5 Å². The van der Waals surface area contributed by atoms with Crippen molar-refractivity contribution in [2.24, 2.45) is 0 Å². The summed E-state index contributed by atoms with van der Waals surface area (Å²) in [6.45, 7) is 25.1. The van der Waals surface area contributed by atoms with Crippen LogP contribution in [0.1, 0.15) is 136 Å². The van der Waals surface area contributed by atoms with Crippen LogP contribution in [-0.4, -0.2) is 231 Å². The maximum Gasteiger partial charge on any atom is 0.408 e. The van der Waals surface area contributed by atoms with E-state index in [-0.39, 0.29) is 78.5 Å². The van der Waals surface area contributed by atoms with E-state index >= 15 is 0 Å². The van der Waals surface area contributed by atoms with Gasteiger partial charge in [-0.15, -0.1) is 0 Å². The number of piperazine rings is 3. The number of carboxylic acids is 2. The zero-order valence-electron chi connectivity index (χ0n) is 75.0. The number of carboxylic acid groups (broad SMARTS) is 2. The molecular formula is C100H122F3N9O15. The van der Waals surface area contributed by atoms with Gasteiger partial charge in [-0.05, 0) is 203 Å². The number of halogens is 3. The highest BCUT2D eigenvalue weighted by Gasteiger charge is 2.43. The molecule has 0 unspecified atom stereocenters. The van der Waals surface area contributed by atoms with E-state index in [9.17, 15) is 66.5 Å². The third-order valence-corrected chi connectivity index (χ3v) is 22.9. The zero-order valence-corrected chi connectivity index (χ0v) is 75.0. The number of amides is 6. The van der Waals surface area contributed by atoms with Crippen LogP contribution in [0.3, 0.4) is 0 Å². The Morgan fingerprint density at radius 3 is 0.835 bits per heavy atom. The van der Waals surface area contributed by atoms with E-state index in [1.807, 2.05) is 134 Å². The summed E-state index contributed by atoms with van der Waals surface area (Å²) in [6.07, 6.45) is 1.44. The summed E-state index contributed by atoms with van der Waals surface area (Å²) in [4.78, 5) is 129. The molecule has 0 aromatic heterocycles. The SMILES string of the molecule is CC[C@H]1CN([C@@H](Cc2ccc3ccccc3c2)C(=O)O)CCN1C(=O)[C@@H](Cc1ccc(F)cc1)NC(=O)OC(C)(C)C.CC[C@H]1CN([C@@H](Cc2ccc3ccccc3c2)C(=O)O)CCN1C(=O)[C@@H](Cc1ccc(F)cc1)NC(=O)OC(C)(C)C.CC[C@H]1CN([C@@H](Cc2ccc3ccccc3c2)C(=O)OC)CCN1C(=O)[C@@H](Cc1ccc(F)cc1)NC(=O)OC(C)(C)C. The molecule has 0 saturated carbocycles. The number of aliphatic carboxylic acids is 2. The second kappa shape index (κ2) is 44.5. The maximum atomic E-state index is 14.0. The van der Waals surface area contributed by atoms with Crippen LogP contribution in [0.25, 0.3) is 32.3 Å². The lowest BCUT2D eigenvalue weighted by molar-refractivity contribution is -0.150. The van der Waals surface area contributed by atoms with E-state index in [4.69, 9.17) is 18.9 Å². The Morgan fingerprint density at radius 1 is 0.346 bits per heavy atom. The molecule has 127 heavy (non-hydrogen) atoms. The molecule has 24 nitrogen and oxygen atoms in total. The van der Waals surface area contributed by atoms with Crippen LogP contribution in [-0.2, 0) is 86.2 Å². The lowest BCUT2D eigenvalue weighted by atomic mass is 9.98. The Kier molecular flexibility index (Phi) is 34.1. The van der Waals surface area contributed by atoms with Gasteiger partial charge in [0.2, 0.25) is 17.7 Å². The largest absolute Gasteiger partial charge is 0.480 e. The quantitative estimate of drug-likeness (QED) is 0.0236. The normalized spacial score (nSPS) is 17.4. The number of nitrogens with one attached hydrogen (secondary N) is 3. The van der Waals surface area contributed by atoms with Crippen LogP contribution in [0.2, 0.25) is 0 Å². The molecule has 9 aromatic carbocycles. The van der Waals surface area contributed by atoms with Crippen molar-refractivity contribution in [3.8, 4) is 0 Å². The van der Waals surface area contributed by atoms with Crippen molar-refractivity contribution >= 4 is 86.2 Å². The van der Waals surface area contributed by atoms with E-state index < -0.39 is 83.3 Å². The summed E-state index contributed by atoms with van der Waals surface area (Å²) in [5.41, 5.74) is 2.77. The van der Waals surface area contributed by atoms with Crippen LogP contribution < -0.4 is 16.0 Å². The van der Waals surface area contributed by atoms with Crippen molar-refractivity contribution in [2.45, 2.75) is 212 Å². The fourth-order valence-corrected chi connectivity index (χ4v) is 16.5.